The number of hydrogen-bond donors (Lipinski definition) is 1. The molecule has 4 rings (SSSR count). The number of pyridine rings is 1. The Bertz CT molecular complexity index is 1030. The average Bonchev–Trinajstić information content (AvgIpc) is 2.79. The van der Waals surface area contributed by atoms with Crippen molar-refractivity contribution in [1.82, 2.24) is 15.0 Å². The number of methoxy groups -OCH3 is 2. The lowest BCUT2D eigenvalue weighted by molar-refractivity contribution is 0.122. The van der Waals surface area contributed by atoms with Crippen molar-refractivity contribution in [3.8, 4) is 22.8 Å². The van der Waals surface area contributed by atoms with E-state index in [1.807, 2.05) is 24.3 Å². The standard InChI is InChI=1S/C21H22FN5O3/c1-28-17-4-3-14(11-18(17)29-2)16-13-20(24-15-5-6-23-19(22)12-15)26-21(25-16)27-7-9-30-10-8-27/h3-6,11-13H,7-10H2,1-2H3,(H,23,24,25,26). The number of anilines is 3. The third kappa shape index (κ3) is 4.41. The number of nitrogens with one attached hydrogen (secondary N) is 1. The summed E-state index contributed by atoms with van der Waals surface area (Å²) < 4.78 is 29.7. The molecule has 1 aliphatic heterocycles. The lowest BCUT2D eigenvalue weighted by Gasteiger charge is -2.27. The summed E-state index contributed by atoms with van der Waals surface area (Å²) in [5.74, 6) is 1.79. The summed E-state index contributed by atoms with van der Waals surface area (Å²) in [6, 6.07) is 10.4. The molecule has 1 saturated heterocycles. The average molecular weight is 411 g/mol. The van der Waals surface area contributed by atoms with Crippen LogP contribution in [0.1, 0.15) is 0 Å². The van der Waals surface area contributed by atoms with Gasteiger partial charge in [0, 0.05) is 42.7 Å². The maximum atomic E-state index is 13.5. The van der Waals surface area contributed by atoms with E-state index in [1.165, 1.54) is 12.3 Å². The number of morpholine rings is 1. The third-order valence-corrected chi connectivity index (χ3v) is 4.69. The summed E-state index contributed by atoms with van der Waals surface area (Å²) in [5.41, 5.74) is 2.09. The largest absolute Gasteiger partial charge is 0.493 e. The summed E-state index contributed by atoms with van der Waals surface area (Å²) in [6.07, 6.45) is 1.40. The fourth-order valence-corrected chi connectivity index (χ4v) is 3.17. The zero-order chi connectivity index (χ0) is 20.9. The Balaban J connectivity index is 1.75. The molecular formula is C21H22FN5O3. The van der Waals surface area contributed by atoms with Gasteiger partial charge in [-0.05, 0) is 24.3 Å². The molecule has 1 aliphatic rings. The van der Waals surface area contributed by atoms with Crippen LogP contribution in [-0.4, -0.2) is 55.5 Å². The van der Waals surface area contributed by atoms with Gasteiger partial charge in [0.25, 0.3) is 0 Å². The third-order valence-electron chi connectivity index (χ3n) is 4.69. The van der Waals surface area contributed by atoms with E-state index < -0.39 is 5.95 Å². The molecule has 0 atom stereocenters. The molecule has 30 heavy (non-hydrogen) atoms. The van der Waals surface area contributed by atoms with Crippen LogP contribution >= 0.6 is 0 Å². The Labute approximate surface area is 173 Å². The maximum absolute atomic E-state index is 13.5. The SMILES string of the molecule is COc1ccc(-c2cc(Nc3ccnc(F)c3)nc(N3CCOCC3)n2)cc1OC. The van der Waals surface area contributed by atoms with Crippen LogP contribution in [0.5, 0.6) is 11.5 Å². The van der Waals surface area contributed by atoms with Crippen molar-refractivity contribution < 1.29 is 18.6 Å². The second-order valence-electron chi connectivity index (χ2n) is 6.60. The van der Waals surface area contributed by atoms with E-state index >= 15 is 0 Å². The van der Waals surface area contributed by atoms with E-state index in [2.05, 4.69) is 20.2 Å². The molecule has 0 aliphatic carbocycles. The highest BCUT2D eigenvalue weighted by Crippen LogP contribution is 2.33. The number of rotatable bonds is 6. The molecule has 3 aromatic rings. The van der Waals surface area contributed by atoms with E-state index in [0.29, 0.717) is 60.9 Å². The van der Waals surface area contributed by atoms with Crippen molar-refractivity contribution in [2.45, 2.75) is 0 Å². The lowest BCUT2D eigenvalue weighted by Crippen LogP contribution is -2.37. The Hall–Kier alpha value is -3.46. The summed E-state index contributed by atoms with van der Waals surface area (Å²) in [6.45, 7) is 2.61. The number of benzene rings is 1. The Kier molecular flexibility index (Phi) is 5.89. The minimum absolute atomic E-state index is 0.543. The number of hydrogen-bond acceptors (Lipinski definition) is 8. The second kappa shape index (κ2) is 8.91. The van der Waals surface area contributed by atoms with Gasteiger partial charge < -0.3 is 24.4 Å². The zero-order valence-electron chi connectivity index (χ0n) is 16.8. The second-order valence-corrected chi connectivity index (χ2v) is 6.60. The first-order chi connectivity index (χ1) is 14.7. The van der Waals surface area contributed by atoms with Crippen LogP contribution in [0.3, 0.4) is 0 Å². The van der Waals surface area contributed by atoms with Crippen LogP contribution in [0.2, 0.25) is 0 Å². The van der Waals surface area contributed by atoms with Crippen molar-refractivity contribution in [2.24, 2.45) is 0 Å². The molecule has 1 fully saturated rings. The topological polar surface area (TPSA) is 81.6 Å². The van der Waals surface area contributed by atoms with Crippen molar-refractivity contribution in [3.05, 3.63) is 48.5 Å². The van der Waals surface area contributed by atoms with Gasteiger partial charge in [-0.2, -0.15) is 9.37 Å². The fourth-order valence-electron chi connectivity index (χ4n) is 3.17. The van der Waals surface area contributed by atoms with Gasteiger partial charge in [-0.3, -0.25) is 0 Å². The highest BCUT2D eigenvalue weighted by atomic mass is 19.1. The fraction of sp³-hybridized carbons (Fsp3) is 0.286. The zero-order valence-corrected chi connectivity index (χ0v) is 16.8. The van der Waals surface area contributed by atoms with E-state index in [0.717, 1.165) is 5.56 Å². The Morgan fingerprint density at radius 2 is 1.80 bits per heavy atom. The molecule has 1 aromatic carbocycles. The molecule has 3 heterocycles. The van der Waals surface area contributed by atoms with Gasteiger partial charge >= 0.3 is 0 Å². The molecule has 0 unspecified atom stereocenters. The van der Waals surface area contributed by atoms with Gasteiger partial charge in [0.15, 0.2) is 11.5 Å². The van der Waals surface area contributed by atoms with Crippen molar-refractivity contribution >= 4 is 17.5 Å². The summed E-state index contributed by atoms with van der Waals surface area (Å²) in [7, 11) is 3.18. The molecular weight excluding hydrogens is 389 g/mol. The Morgan fingerprint density at radius 3 is 2.53 bits per heavy atom. The first-order valence-corrected chi connectivity index (χ1v) is 9.49. The minimum atomic E-state index is -0.567. The molecule has 0 radical (unpaired) electrons. The molecule has 9 heteroatoms. The van der Waals surface area contributed by atoms with Gasteiger partial charge in [-0.25, -0.2) is 9.97 Å². The Morgan fingerprint density at radius 1 is 1.00 bits per heavy atom. The van der Waals surface area contributed by atoms with Crippen LogP contribution in [0.25, 0.3) is 11.3 Å². The molecule has 156 valence electrons. The minimum Gasteiger partial charge on any atom is -0.493 e. The maximum Gasteiger partial charge on any atom is 0.228 e. The van der Waals surface area contributed by atoms with Gasteiger partial charge in [0.1, 0.15) is 5.82 Å². The van der Waals surface area contributed by atoms with Gasteiger partial charge in [0.2, 0.25) is 11.9 Å². The summed E-state index contributed by atoms with van der Waals surface area (Å²) in [4.78, 5) is 15.0. The predicted octanol–water partition coefficient (Wildman–Crippen LogP) is 3.28. The predicted molar refractivity (Wildman–Crippen MR) is 111 cm³/mol. The number of halogens is 1. The molecule has 0 saturated carbocycles. The van der Waals surface area contributed by atoms with Gasteiger partial charge in [-0.1, -0.05) is 0 Å². The van der Waals surface area contributed by atoms with E-state index in [4.69, 9.17) is 19.2 Å². The van der Waals surface area contributed by atoms with Crippen LogP contribution in [0.15, 0.2) is 42.6 Å². The monoisotopic (exact) mass is 411 g/mol. The van der Waals surface area contributed by atoms with E-state index in [9.17, 15) is 4.39 Å². The number of nitrogens with zero attached hydrogens (tertiary/aromatic N) is 4. The quantitative estimate of drug-likeness (QED) is 0.619. The molecule has 0 spiro atoms. The summed E-state index contributed by atoms with van der Waals surface area (Å²) in [5, 5.41) is 3.14. The van der Waals surface area contributed by atoms with Crippen molar-refractivity contribution in [3.63, 3.8) is 0 Å². The highest BCUT2D eigenvalue weighted by molar-refractivity contribution is 5.69. The van der Waals surface area contributed by atoms with Gasteiger partial charge in [-0.15, -0.1) is 0 Å². The highest BCUT2D eigenvalue weighted by Gasteiger charge is 2.17. The normalized spacial score (nSPS) is 13.8. The van der Waals surface area contributed by atoms with Crippen LogP contribution in [-0.2, 0) is 4.74 Å². The molecule has 2 aromatic heterocycles. The van der Waals surface area contributed by atoms with Crippen molar-refractivity contribution in [2.75, 3.05) is 50.7 Å². The first kappa shape index (κ1) is 19.8. The van der Waals surface area contributed by atoms with E-state index in [-0.39, 0.29) is 0 Å². The van der Waals surface area contributed by atoms with Crippen LogP contribution in [0.4, 0.5) is 21.8 Å². The lowest BCUT2D eigenvalue weighted by atomic mass is 10.1. The van der Waals surface area contributed by atoms with Gasteiger partial charge in [0.05, 0.1) is 33.1 Å². The first-order valence-electron chi connectivity index (χ1n) is 9.49. The smallest absolute Gasteiger partial charge is 0.228 e. The number of ether oxygens (including phenoxy) is 3. The number of aromatic nitrogens is 3. The molecule has 0 amide bonds. The van der Waals surface area contributed by atoms with Crippen molar-refractivity contribution in [1.29, 1.82) is 0 Å². The van der Waals surface area contributed by atoms with Crippen LogP contribution < -0.4 is 19.7 Å². The molecule has 8 nitrogen and oxygen atoms in total. The molecule has 0 bridgehead atoms. The van der Waals surface area contributed by atoms with E-state index in [1.54, 1.807) is 20.3 Å². The van der Waals surface area contributed by atoms with Crippen LogP contribution in [0, 0.1) is 5.95 Å². The molecule has 1 N–H and O–H groups in total. The summed E-state index contributed by atoms with van der Waals surface area (Å²) >= 11 is 0.